The quantitative estimate of drug-likeness (QED) is 0.599. The molecule has 0 aromatic rings. The molecule has 0 spiro atoms. The zero-order valence-electron chi connectivity index (χ0n) is 8.61. The van der Waals surface area contributed by atoms with Crippen LogP contribution in [0.2, 0.25) is 0 Å². The summed E-state index contributed by atoms with van der Waals surface area (Å²) in [5, 5.41) is 3.43. The van der Waals surface area contributed by atoms with Crippen LogP contribution >= 0.6 is 0 Å². The van der Waals surface area contributed by atoms with E-state index >= 15 is 0 Å². The smallest absolute Gasteiger partial charge is 0.0578 e. The van der Waals surface area contributed by atoms with Crippen molar-refractivity contribution in [3.8, 4) is 11.8 Å². The van der Waals surface area contributed by atoms with Crippen molar-refractivity contribution >= 4 is 0 Å². The van der Waals surface area contributed by atoms with Crippen molar-refractivity contribution in [3.63, 3.8) is 0 Å². The van der Waals surface area contributed by atoms with E-state index in [-0.39, 0.29) is 0 Å². The van der Waals surface area contributed by atoms with Gasteiger partial charge in [-0.1, -0.05) is 32.6 Å². The number of nitrogens with one attached hydrogen (secondary N) is 1. The summed E-state index contributed by atoms with van der Waals surface area (Å²) < 4.78 is 0. The van der Waals surface area contributed by atoms with Crippen LogP contribution in [0.25, 0.3) is 0 Å². The molecule has 0 amide bonds. The Balaban J connectivity index is 3.43. The molecule has 0 aliphatic rings. The van der Waals surface area contributed by atoms with E-state index in [9.17, 15) is 0 Å². The van der Waals surface area contributed by atoms with E-state index in [0.717, 1.165) is 6.54 Å². The molecule has 0 aliphatic carbocycles. The summed E-state index contributed by atoms with van der Waals surface area (Å²) >= 11 is 0. The number of unbranched alkanes of at least 4 members (excludes halogenated alkanes) is 1. The molecule has 1 unspecified atom stereocenters. The van der Waals surface area contributed by atoms with Gasteiger partial charge in [0, 0.05) is 6.04 Å². The Morgan fingerprint density at radius 3 is 2.58 bits per heavy atom. The van der Waals surface area contributed by atoms with E-state index in [1.165, 1.54) is 25.7 Å². The average Bonchev–Trinajstić information content (AvgIpc) is 2.11. The topological polar surface area (TPSA) is 12.0 Å². The molecular formula is C11H21N. The SMILES string of the molecule is CC#CCNC(CC)CCCC. The fraction of sp³-hybridized carbons (Fsp3) is 0.818. The van der Waals surface area contributed by atoms with E-state index in [4.69, 9.17) is 0 Å². The van der Waals surface area contributed by atoms with Gasteiger partial charge in [-0.25, -0.2) is 0 Å². The van der Waals surface area contributed by atoms with Gasteiger partial charge in [0.15, 0.2) is 0 Å². The van der Waals surface area contributed by atoms with Crippen LogP contribution in [-0.4, -0.2) is 12.6 Å². The summed E-state index contributed by atoms with van der Waals surface area (Å²) in [6.07, 6.45) is 5.12. The van der Waals surface area contributed by atoms with Crippen LogP contribution in [0.1, 0.15) is 46.5 Å². The maximum absolute atomic E-state index is 3.43. The lowest BCUT2D eigenvalue weighted by Crippen LogP contribution is -2.28. The Morgan fingerprint density at radius 2 is 2.08 bits per heavy atom. The van der Waals surface area contributed by atoms with Crippen LogP contribution in [0, 0.1) is 11.8 Å². The van der Waals surface area contributed by atoms with E-state index in [2.05, 4.69) is 31.0 Å². The molecule has 0 saturated heterocycles. The predicted molar refractivity (Wildman–Crippen MR) is 55.1 cm³/mol. The third-order valence-electron chi connectivity index (χ3n) is 2.05. The van der Waals surface area contributed by atoms with Crippen molar-refractivity contribution in [2.24, 2.45) is 0 Å². The minimum atomic E-state index is 0.672. The Hall–Kier alpha value is -0.480. The predicted octanol–water partition coefficient (Wildman–Crippen LogP) is 2.57. The summed E-state index contributed by atoms with van der Waals surface area (Å²) in [7, 11) is 0. The van der Waals surface area contributed by atoms with Gasteiger partial charge in [-0.05, 0) is 19.8 Å². The summed E-state index contributed by atoms with van der Waals surface area (Å²) in [6.45, 7) is 7.19. The van der Waals surface area contributed by atoms with Gasteiger partial charge in [-0.2, -0.15) is 0 Å². The van der Waals surface area contributed by atoms with Gasteiger partial charge in [0.1, 0.15) is 0 Å². The molecule has 0 heterocycles. The molecule has 1 nitrogen and oxygen atoms in total. The summed E-state index contributed by atoms with van der Waals surface area (Å²) in [5.74, 6) is 5.92. The normalized spacial score (nSPS) is 11.9. The zero-order chi connectivity index (χ0) is 9.23. The minimum Gasteiger partial charge on any atom is -0.303 e. The average molecular weight is 167 g/mol. The van der Waals surface area contributed by atoms with Crippen molar-refractivity contribution in [1.82, 2.24) is 5.32 Å². The summed E-state index contributed by atoms with van der Waals surface area (Å²) in [6, 6.07) is 0.672. The first-order valence-corrected chi connectivity index (χ1v) is 4.98. The molecular weight excluding hydrogens is 146 g/mol. The van der Waals surface area contributed by atoms with Gasteiger partial charge in [-0.3, -0.25) is 0 Å². The molecule has 0 fully saturated rings. The van der Waals surface area contributed by atoms with Gasteiger partial charge in [-0.15, -0.1) is 5.92 Å². The van der Waals surface area contributed by atoms with Crippen LogP contribution in [0.5, 0.6) is 0 Å². The monoisotopic (exact) mass is 167 g/mol. The van der Waals surface area contributed by atoms with E-state index in [1.54, 1.807) is 0 Å². The molecule has 0 aromatic carbocycles. The third kappa shape index (κ3) is 6.24. The number of hydrogen-bond donors (Lipinski definition) is 1. The largest absolute Gasteiger partial charge is 0.303 e. The Morgan fingerprint density at radius 1 is 1.33 bits per heavy atom. The molecule has 12 heavy (non-hydrogen) atoms. The van der Waals surface area contributed by atoms with Crippen molar-refractivity contribution in [2.75, 3.05) is 6.54 Å². The van der Waals surface area contributed by atoms with Crippen LogP contribution < -0.4 is 5.32 Å². The highest BCUT2D eigenvalue weighted by Gasteiger charge is 2.01. The standard InChI is InChI=1S/C11H21N/c1-4-7-9-11(6-3)12-10-8-5-2/h11-12H,4,6-7,9-10H2,1-3H3. The van der Waals surface area contributed by atoms with Gasteiger partial charge in [0.2, 0.25) is 0 Å². The first kappa shape index (κ1) is 11.5. The van der Waals surface area contributed by atoms with Crippen molar-refractivity contribution in [1.29, 1.82) is 0 Å². The molecule has 0 bridgehead atoms. The molecule has 1 atom stereocenters. The lowest BCUT2D eigenvalue weighted by molar-refractivity contribution is 0.475. The minimum absolute atomic E-state index is 0.672. The highest BCUT2D eigenvalue weighted by atomic mass is 14.9. The summed E-state index contributed by atoms with van der Waals surface area (Å²) in [5.41, 5.74) is 0. The second-order valence-electron chi connectivity index (χ2n) is 3.06. The molecule has 70 valence electrons. The Kier molecular flexibility index (Phi) is 8.27. The molecule has 1 N–H and O–H groups in total. The first-order valence-electron chi connectivity index (χ1n) is 4.98. The van der Waals surface area contributed by atoms with Crippen molar-refractivity contribution in [3.05, 3.63) is 0 Å². The van der Waals surface area contributed by atoms with Gasteiger partial charge >= 0.3 is 0 Å². The van der Waals surface area contributed by atoms with Crippen LogP contribution in [-0.2, 0) is 0 Å². The second-order valence-corrected chi connectivity index (χ2v) is 3.06. The maximum atomic E-state index is 3.43. The van der Waals surface area contributed by atoms with Crippen molar-refractivity contribution in [2.45, 2.75) is 52.5 Å². The lowest BCUT2D eigenvalue weighted by atomic mass is 10.1. The highest BCUT2D eigenvalue weighted by molar-refractivity contribution is 4.97. The van der Waals surface area contributed by atoms with Crippen molar-refractivity contribution < 1.29 is 0 Å². The fourth-order valence-electron chi connectivity index (χ4n) is 1.18. The molecule has 0 radical (unpaired) electrons. The van der Waals surface area contributed by atoms with E-state index in [1.807, 2.05) is 6.92 Å². The molecule has 1 heteroatoms. The zero-order valence-corrected chi connectivity index (χ0v) is 8.61. The van der Waals surface area contributed by atoms with Gasteiger partial charge in [0.05, 0.1) is 6.54 Å². The second kappa shape index (κ2) is 8.62. The fourth-order valence-corrected chi connectivity index (χ4v) is 1.18. The van der Waals surface area contributed by atoms with E-state index < -0.39 is 0 Å². The Bertz CT molecular complexity index is 141. The third-order valence-corrected chi connectivity index (χ3v) is 2.05. The van der Waals surface area contributed by atoms with Crippen LogP contribution in [0.4, 0.5) is 0 Å². The molecule has 0 aliphatic heterocycles. The summed E-state index contributed by atoms with van der Waals surface area (Å²) in [4.78, 5) is 0. The van der Waals surface area contributed by atoms with Crippen LogP contribution in [0.15, 0.2) is 0 Å². The van der Waals surface area contributed by atoms with Gasteiger partial charge < -0.3 is 5.32 Å². The van der Waals surface area contributed by atoms with Crippen LogP contribution in [0.3, 0.4) is 0 Å². The molecule has 0 aromatic heterocycles. The number of hydrogen-bond acceptors (Lipinski definition) is 1. The maximum Gasteiger partial charge on any atom is 0.0578 e. The van der Waals surface area contributed by atoms with E-state index in [0.29, 0.717) is 6.04 Å². The Labute approximate surface area is 76.9 Å². The molecule has 0 rings (SSSR count). The lowest BCUT2D eigenvalue weighted by Gasteiger charge is -2.14. The molecule has 0 saturated carbocycles. The first-order chi connectivity index (χ1) is 5.85. The number of rotatable bonds is 6. The highest BCUT2D eigenvalue weighted by Crippen LogP contribution is 2.02. The van der Waals surface area contributed by atoms with Gasteiger partial charge in [0.25, 0.3) is 0 Å².